The van der Waals surface area contributed by atoms with E-state index in [-0.39, 0.29) is 24.2 Å². The Hall–Kier alpha value is -3.35. The molecule has 1 atom stereocenters. The molecule has 1 fully saturated rings. The minimum Gasteiger partial charge on any atom is -0.467 e. The van der Waals surface area contributed by atoms with Crippen molar-refractivity contribution in [2.24, 2.45) is 5.92 Å². The number of benzene rings is 1. The molecule has 7 heteroatoms. The number of amides is 2. The first kappa shape index (κ1) is 17.1. The summed E-state index contributed by atoms with van der Waals surface area (Å²) < 4.78 is 7.10. The summed E-state index contributed by atoms with van der Waals surface area (Å²) in [6.45, 7) is 2.75. The Kier molecular flexibility index (Phi) is 4.50. The minimum atomic E-state index is -0.373. The molecule has 1 saturated heterocycles. The van der Waals surface area contributed by atoms with Crippen molar-refractivity contribution in [1.29, 1.82) is 0 Å². The third-order valence-corrected chi connectivity index (χ3v) is 4.70. The Morgan fingerprint density at radius 1 is 1.30 bits per heavy atom. The van der Waals surface area contributed by atoms with Crippen LogP contribution in [-0.2, 0) is 16.1 Å². The van der Waals surface area contributed by atoms with Crippen LogP contribution in [0.4, 0.5) is 5.69 Å². The Balaban J connectivity index is 1.42. The summed E-state index contributed by atoms with van der Waals surface area (Å²) in [5.74, 6) is 0.154. The maximum Gasteiger partial charge on any atom is 0.229 e. The number of nitrogens with zero attached hydrogens (tertiary/aromatic N) is 3. The van der Waals surface area contributed by atoms with E-state index in [1.165, 1.54) is 0 Å². The second kappa shape index (κ2) is 7.11. The van der Waals surface area contributed by atoms with Crippen LogP contribution in [0.2, 0.25) is 0 Å². The van der Waals surface area contributed by atoms with Gasteiger partial charge in [0.15, 0.2) is 0 Å². The topological polar surface area (TPSA) is 80.4 Å². The predicted molar refractivity (Wildman–Crippen MR) is 99.2 cm³/mol. The number of anilines is 1. The predicted octanol–water partition coefficient (Wildman–Crippen LogP) is 2.76. The second-order valence-electron chi connectivity index (χ2n) is 6.68. The van der Waals surface area contributed by atoms with Gasteiger partial charge in [-0.15, -0.1) is 0 Å². The lowest BCUT2D eigenvalue weighted by molar-refractivity contribution is -0.128. The summed E-state index contributed by atoms with van der Waals surface area (Å²) in [4.78, 5) is 26.5. The van der Waals surface area contributed by atoms with Crippen LogP contribution in [0.1, 0.15) is 17.9 Å². The van der Waals surface area contributed by atoms with Crippen molar-refractivity contribution in [3.8, 4) is 5.69 Å². The minimum absolute atomic E-state index is 0.0348. The average molecular weight is 364 g/mol. The van der Waals surface area contributed by atoms with Crippen LogP contribution >= 0.6 is 0 Å². The van der Waals surface area contributed by atoms with Gasteiger partial charge in [-0.25, -0.2) is 4.68 Å². The molecule has 2 aromatic heterocycles. The molecule has 3 aromatic rings. The molecule has 0 radical (unpaired) electrons. The zero-order valence-corrected chi connectivity index (χ0v) is 15.0. The smallest absolute Gasteiger partial charge is 0.229 e. The molecule has 1 aliphatic heterocycles. The number of carbonyl (C=O) groups is 2. The van der Waals surface area contributed by atoms with Crippen LogP contribution in [0.5, 0.6) is 0 Å². The van der Waals surface area contributed by atoms with Crippen LogP contribution in [0.25, 0.3) is 5.69 Å². The van der Waals surface area contributed by atoms with E-state index < -0.39 is 0 Å². The van der Waals surface area contributed by atoms with Crippen molar-refractivity contribution >= 4 is 17.5 Å². The number of furan rings is 1. The fourth-order valence-corrected chi connectivity index (χ4v) is 3.29. The molecular formula is C20H20N4O3. The van der Waals surface area contributed by atoms with Crippen LogP contribution in [0.15, 0.2) is 59.3 Å². The first-order valence-electron chi connectivity index (χ1n) is 8.82. The fraction of sp³-hybridized carbons (Fsp3) is 0.250. The quantitative estimate of drug-likeness (QED) is 0.755. The monoisotopic (exact) mass is 364 g/mol. The van der Waals surface area contributed by atoms with E-state index in [2.05, 4.69) is 10.4 Å². The standard InChI is InChI=1S/C20H20N4O3/c1-14-7-8-21-24(14)17-5-2-4-16(11-17)22-20(26)15-10-19(25)23(12-15)13-18-6-3-9-27-18/h2-9,11,15H,10,12-13H2,1H3,(H,22,26). The highest BCUT2D eigenvalue weighted by atomic mass is 16.3. The van der Waals surface area contributed by atoms with E-state index in [4.69, 9.17) is 4.42 Å². The van der Waals surface area contributed by atoms with Gasteiger partial charge in [-0.2, -0.15) is 5.10 Å². The number of hydrogen-bond donors (Lipinski definition) is 1. The maximum absolute atomic E-state index is 12.6. The van der Waals surface area contributed by atoms with Crippen molar-refractivity contribution in [2.75, 3.05) is 11.9 Å². The molecule has 1 unspecified atom stereocenters. The van der Waals surface area contributed by atoms with Crippen LogP contribution in [0.3, 0.4) is 0 Å². The molecule has 4 rings (SSSR count). The summed E-state index contributed by atoms with van der Waals surface area (Å²) in [5, 5.41) is 7.21. The molecular weight excluding hydrogens is 344 g/mol. The van der Waals surface area contributed by atoms with Crippen molar-refractivity contribution in [3.63, 3.8) is 0 Å². The van der Waals surface area contributed by atoms with Gasteiger partial charge in [0.25, 0.3) is 0 Å². The van der Waals surface area contributed by atoms with E-state index in [0.717, 1.165) is 11.4 Å². The van der Waals surface area contributed by atoms with Gasteiger partial charge in [-0.05, 0) is 43.3 Å². The lowest BCUT2D eigenvalue weighted by Gasteiger charge is -2.15. The van der Waals surface area contributed by atoms with E-state index in [1.807, 2.05) is 43.3 Å². The lowest BCUT2D eigenvalue weighted by atomic mass is 10.1. The van der Waals surface area contributed by atoms with Gasteiger partial charge in [0.1, 0.15) is 5.76 Å². The Labute approximate surface area is 156 Å². The molecule has 0 saturated carbocycles. The van der Waals surface area contributed by atoms with Crippen LogP contribution in [0, 0.1) is 12.8 Å². The first-order chi connectivity index (χ1) is 13.1. The first-order valence-corrected chi connectivity index (χ1v) is 8.82. The SMILES string of the molecule is Cc1ccnn1-c1cccc(NC(=O)C2CC(=O)N(Cc3ccco3)C2)c1. The van der Waals surface area contributed by atoms with Gasteiger partial charge >= 0.3 is 0 Å². The number of likely N-dealkylation sites (tertiary alicyclic amines) is 1. The summed E-state index contributed by atoms with van der Waals surface area (Å²) in [6.07, 6.45) is 3.53. The van der Waals surface area contributed by atoms with Crippen molar-refractivity contribution in [2.45, 2.75) is 19.9 Å². The zero-order valence-electron chi connectivity index (χ0n) is 15.0. The number of rotatable bonds is 5. The fourth-order valence-electron chi connectivity index (χ4n) is 3.29. The molecule has 138 valence electrons. The molecule has 0 spiro atoms. The van der Waals surface area contributed by atoms with E-state index >= 15 is 0 Å². The lowest BCUT2D eigenvalue weighted by Crippen LogP contribution is -2.27. The number of carbonyl (C=O) groups excluding carboxylic acids is 2. The highest BCUT2D eigenvalue weighted by molar-refractivity contribution is 5.97. The molecule has 27 heavy (non-hydrogen) atoms. The third kappa shape index (κ3) is 3.62. The summed E-state index contributed by atoms with van der Waals surface area (Å²) in [5.41, 5.74) is 2.56. The van der Waals surface area contributed by atoms with Gasteiger partial charge in [0.05, 0.1) is 24.4 Å². The molecule has 1 N–H and O–H groups in total. The van der Waals surface area contributed by atoms with Crippen molar-refractivity contribution < 1.29 is 14.0 Å². The Bertz CT molecular complexity index is 961. The van der Waals surface area contributed by atoms with E-state index in [9.17, 15) is 9.59 Å². The van der Waals surface area contributed by atoms with Crippen molar-refractivity contribution in [1.82, 2.24) is 14.7 Å². The van der Waals surface area contributed by atoms with Gasteiger partial charge in [0, 0.05) is 30.5 Å². The Morgan fingerprint density at radius 3 is 2.93 bits per heavy atom. The zero-order chi connectivity index (χ0) is 18.8. The number of aryl methyl sites for hydroxylation is 1. The highest BCUT2D eigenvalue weighted by Gasteiger charge is 2.34. The average Bonchev–Trinajstić information content (AvgIpc) is 3.38. The molecule has 0 aliphatic carbocycles. The normalized spacial score (nSPS) is 16.7. The largest absolute Gasteiger partial charge is 0.467 e. The van der Waals surface area contributed by atoms with Crippen molar-refractivity contribution in [3.05, 3.63) is 66.4 Å². The number of hydrogen-bond acceptors (Lipinski definition) is 4. The van der Waals surface area contributed by atoms with E-state index in [0.29, 0.717) is 24.5 Å². The van der Waals surface area contributed by atoms with Gasteiger partial charge in [-0.3, -0.25) is 9.59 Å². The summed E-state index contributed by atoms with van der Waals surface area (Å²) >= 11 is 0. The molecule has 3 heterocycles. The maximum atomic E-state index is 12.6. The second-order valence-corrected chi connectivity index (χ2v) is 6.68. The van der Waals surface area contributed by atoms with Gasteiger partial charge < -0.3 is 14.6 Å². The Morgan fingerprint density at radius 2 is 2.19 bits per heavy atom. The molecule has 1 aromatic carbocycles. The molecule has 1 aliphatic rings. The van der Waals surface area contributed by atoms with E-state index in [1.54, 1.807) is 28.1 Å². The molecule has 0 bridgehead atoms. The van der Waals surface area contributed by atoms with Crippen LogP contribution < -0.4 is 5.32 Å². The van der Waals surface area contributed by atoms with Gasteiger partial charge in [0.2, 0.25) is 11.8 Å². The van der Waals surface area contributed by atoms with Crippen LogP contribution in [-0.4, -0.2) is 33.0 Å². The van der Waals surface area contributed by atoms with Gasteiger partial charge in [-0.1, -0.05) is 6.07 Å². The third-order valence-electron chi connectivity index (χ3n) is 4.70. The molecule has 2 amide bonds. The highest BCUT2D eigenvalue weighted by Crippen LogP contribution is 2.23. The number of aromatic nitrogens is 2. The molecule has 7 nitrogen and oxygen atoms in total. The number of nitrogens with one attached hydrogen (secondary N) is 1. The summed E-state index contributed by atoms with van der Waals surface area (Å²) in [6, 6.07) is 13.0. The summed E-state index contributed by atoms with van der Waals surface area (Å²) in [7, 11) is 0.